The fourth-order valence-electron chi connectivity index (χ4n) is 14.3. The number of carboxylic acids is 1. The van der Waals surface area contributed by atoms with Gasteiger partial charge >= 0.3 is 18.0 Å². The van der Waals surface area contributed by atoms with Crippen LogP contribution in [0, 0.1) is 73.9 Å². The van der Waals surface area contributed by atoms with Gasteiger partial charge in [-0.15, -0.1) is 12.4 Å². The molecule has 0 bridgehead atoms. The number of primary amides is 3. The van der Waals surface area contributed by atoms with Crippen LogP contribution in [-0.2, 0) is 49.2 Å². The molecular formula is C65H121ClN14O15S2. The average Bonchev–Trinajstić information content (AvgIpc) is 1.53. The van der Waals surface area contributed by atoms with Crippen molar-refractivity contribution in [3.05, 3.63) is 0 Å². The number of nitrogens with two attached hydrogens (primary N) is 4. The average molecular weight is 1440 g/mol. The smallest absolute Gasteiger partial charge is 0.326 e. The van der Waals surface area contributed by atoms with Gasteiger partial charge in [-0.2, -0.15) is 34.1 Å². The molecule has 0 spiro atoms. The van der Waals surface area contributed by atoms with E-state index >= 15 is 0 Å². The van der Waals surface area contributed by atoms with Crippen LogP contribution in [0.15, 0.2) is 0 Å². The first-order valence-corrected chi connectivity index (χ1v) is 36.8. The molecule has 15 N–H and O–H groups in total. The minimum Gasteiger partial charge on any atom is -0.480 e. The number of halogens is 1. The van der Waals surface area contributed by atoms with E-state index in [1.807, 2.05) is 104 Å². The molecule has 4 saturated heterocycles. The van der Waals surface area contributed by atoms with Crippen molar-refractivity contribution in [2.45, 2.75) is 224 Å². The number of urea groups is 2. The van der Waals surface area contributed by atoms with Gasteiger partial charge in [0, 0.05) is 90.5 Å². The number of likely N-dealkylation sites (N-methyl/N-ethyl adjacent to an activating group) is 2. The summed E-state index contributed by atoms with van der Waals surface area (Å²) in [6, 6.07) is -6.12. The summed E-state index contributed by atoms with van der Waals surface area (Å²) in [5, 5.41) is 39.8. The van der Waals surface area contributed by atoms with E-state index in [1.54, 1.807) is 0 Å². The number of carbonyl (C=O) groups excluding carboxylic acids is 7. The highest BCUT2D eigenvalue weighted by Gasteiger charge is 2.71. The van der Waals surface area contributed by atoms with E-state index in [0.29, 0.717) is 57.5 Å². The Kier molecular flexibility index (Phi) is 27.6. The number of amides is 9. The standard InChI is InChI=1S/C24H44N6O5S.C24H43N5O6S.C9H17NO2.C8H16N2O2.ClH/c1-22(2,3)15(13-29-11-10-28(9)36(29,34)35)26-21(33)27-18(23(4,5)6)20(32)30-12-14-16(24(14,7)8)17(30)19(25)31;1-22(2,3)15(13-28-11-10-27(9)36(28,34)35)25-21(33)26-18(23(4,5)6)19(30)29-12-14-16(24(14,7)8)17(29)20(31)32;1-6(8(11)9(10)12)5-7-3-2-4-7;9-6(7(11)8(10)12)4-5-2-1-3-5;/h14-18H,10-13H2,1-9H3,(H2,25,31)(H2,26,27,33);14-18H,10-13H2,1-9H3,(H,31,32)(H2,25,26,33);6-8,11H,2-5H2,1H3,(H2,10,12);5-7,11H,1-4,9H2,(H2,10,12);1H/t2*14-,15+,16-,17-,18+;6-,8?;6-,7?;/m0011./s1. The molecule has 32 heteroatoms. The zero-order chi connectivity index (χ0) is 73.5. The summed E-state index contributed by atoms with van der Waals surface area (Å²) in [7, 11) is -4.08. The molecule has 0 radical (unpaired) electrons. The fourth-order valence-corrected chi connectivity index (χ4v) is 17.0. The van der Waals surface area contributed by atoms with Crippen LogP contribution in [-0.4, -0.2) is 228 Å². The van der Waals surface area contributed by atoms with Crippen LogP contribution < -0.4 is 44.2 Å². The summed E-state index contributed by atoms with van der Waals surface area (Å²) in [4.78, 5) is 102. The minimum atomic E-state index is -3.57. The summed E-state index contributed by atoms with van der Waals surface area (Å²) in [5.41, 5.74) is 18.8. The molecular weight excluding hydrogens is 1320 g/mol. The third-order valence-corrected chi connectivity index (χ3v) is 25.7. The van der Waals surface area contributed by atoms with E-state index in [0.717, 1.165) is 6.42 Å². The van der Waals surface area contributed by atoms with Crippen molar-refractivity contribution in [1.29, 1.82) is 0 Å². The number of carboxylic acid groups (broad SMARTS) is 1. The molecule has 4 aliphatic carbocycles. The van der Waals surface area contributed by atoms with Crippen molar-refractivity contribution < 1.29 is 70.5 Å². The third kappa shape index (κ3) is 20.3. The second-order valence-corrected chi connectivity index (χ2v) is 38.0. The minimum absolute atomic E-state index is 0. The van der Waals surface area contributed by atoms with Crippen molar-refractivity contribution in [3.63, 3.8) is 0 Å². The number of likely N-dealkylation sites (tertiary alicyclic amines) is 2. The summed E-state index contributed by atoms with van der Waals surface area (Å²) < 4.78 is 55.6. The van der Waals surface area contributed by atoms with Crippen molar-refractivity contribution in [2.24, 2.45) is 96.8 Å². The molecule has 560 valence electrons. The lowest BCUT2D eigenvalue weighted by molar-refractivity contribution is -0.152. The molecule has 29 nitrogen and oxygen atoms in total. The largest absolute Gasteiger partial charge is 0.480 e. The quantitative estimate of drug-likeness (QED) is 0.0832. The normalized spacial score (nSPS) is 27.4. The maximum absolute atomic E-state index is 13.7. The molecule has 4 saturated carbocycles. The maximum Gasteiger partial charge on any atom is 0.326 e. The number of aliphatic hydroxyl groups is 2. The first kappa shape index (κ1) is 84.7. The van der Waals surface area contributed by atoms with Crippen LogP contribution in [0.5, 0.6) is 0 Å². The van der Waals surface area contributed by atoms with Crippen LogP contribution in [0.1, 0.15) is 169 Å². The molecule has 8 fully saturated rings. The van der Waals surface area contributed by atoms with E-state index in [9.17, 15) is 65.4 Å². The van der Waals surface area contributed by atoms with Crippen LogP contribution in [0.3, 0.4) is 0 Å². The maximum atomic E-state index is 13.7. The van der Waals surface area contributed by atoms with E-state index in [2.05, 4.69) is 35.1 Å². The zero-order valence-electron chi connectivity index (χ0n) is 61.0. The van der Waals surface area contributed by atoms with Gasteiger partial charge in [-0.1, -0.05) is 156 Å². The Labute approximate surface area is 583 Å². The number of hydrogen-bond donors (Lipinski definition) is 11. The van der Waals surface area contributed by atoms with Crippen LogP contribution in [0.2, 0.25) is 0 Å². The number of hydrogen-bond acceptors (Lipinski definition) is 15. The molecule has 4 aliphatic heterocycles. The van der Waals surface area contributed by atoms with Crippen LogP contribution in [0.4, 0.5) is 9.59 Å². The van der Waals surface area contributed by atoms with Crippen molar-refractivity contribution in [2.75, 3.05) is 66.5 Å². The molecule has 8 rings (SSSR count). The van der Waals surface area contributed by atoms with Gasteiger partial charge in [0.05, 0.1) is 0 Å². The highest BCUT2D eigenvalue weighted by Crippen LogP contribution is 2.66. The topological polar surface area (TPSA) is 437 Å². The number of rotatable bonds is 20. The molecule has 0 aromatic carbocycles. The van der Waals surface area contributed by atoms with Gasteiger partial charge in [0.2, 0.25) is 29.5 Å². The number of aliphatic hydroxyl groups excluding tert-OH is 2. The number of fused-ring (bicyclic) bond motifs is 2. The Morgan fingerprint density at radius 1 is 0.536 bits per heavy atom. The summed E-state index contributed by atoms with van der Waals surface area (Å²) in [6.07, 6.45) is 6.88. The molecule has 8 aliphatic rings. The predicted octanol–water partition coefficient (Wildman–Crippen LogP) is 2.18. The first-order chi connectivity index (χ1) is 43.6. The number of aliphatic carboxylic acids is 1. The van der Waals surface area contributed by atoms with E-state index in [-0.39, 0.29) is 71.8 Å². The van der Waals surface area contributed by atoms with Gasteiger partial charge in [-0.05, 0) is 80.8 Å². The highest BCUT2D eigenvalue weighted by molar-refractivity contribution is 7.87. The highest BCUT2D eigenvalue weighted by atomic mass is 35.5. The molecule has 14 atom stereocenters. The number of carbonyl (C=O) groups is 8. The van der Waals surface area contributed by atoms with Crippen molar-refractivity contribution in [1.82, 2.24) is 48.3 Å². The van der Waals surface area contributed by atoms with Crippen LogP contribution >= 0.6 is 12.4 Å². The Bertz CT molecular complexity index is 2850. The van der Waals surface area contributed by atoms with Gasteiger partial charge in [0.25, 0.3) is 20.4 Å². The lowest BCUT2D eigenvalue weighted by atomic mass is 9.78. The Balaban J connectivity index is 0.000000306. The Hall–Kier alpha value is -4.73. The lowest BCUT2D eigenvalue weighted by Crippen LogP contribution is -2.62. The molecule has 0 aromatic heterocycles. The molecule has 0 aromatic rings. The second-order valence-electron chi connectivity index (χ2n) is 34.0. The molecule has 97 heavy (non-hydrogen) atoms. The third-order valence-electron chi connectivity index (χ3n) is 21.8. The van der Waals surface area contributed by atoms with Gasteiger partial charge < -0.3 is 69.3 Å². The SMILES string of the molecule is CN1CCN(C[C@@H](NC(=O)N[C@H](C(=O)N2C[C@H]3[C@@H]([C@H]2C(=O)O)C3(C)C)C(C)(C)C)C(C)(C)C)S1(=O)=O.CN1CCN(C[C@@H](NC(=O)N[C@H](C(=O)N2C[C@H]3[C@@H]([C@H]2C(N)=O)C3(C)C)C(C)(C)C)C(C)(C)C)S1(=O)=O.C[C@H](CC1CCC1)C(O)C(N)=O.Cl.NC(=O)C(O)[C@H](N)CC1CCC1. The molecule has 2 unspecified atom stereocenters. The number of piperidine rings is 2. The van der Waals surface area contributed by atoms with Gasteiger partial charge in [0.1, 0.15) is 36.4 Å². The van der Waals surface area contributed by atoms with E-state index in [4.69, 9.17) is 28.0 Å². The van der Waals surface area contributed by atoms with Gasteiger partial charge in [-0.25, -0.2) is 14.4 Å². The molecule has 9 amide bonds. The van der Waals surface area contributed by atoms with Crippen molar-refractivity contribution in [3.8, 4) is 0 Å². The Morgan fingerprint density at radius 3 is 1.15 bits per heavy atom. The predicted molar refractivity (Wildman–Crippen MR) is 371 cm³/mol. The lowest BCUT2D eigenvalue weighted by Gasteiger charge is -2.38. The van der Waals surface area contributed by atoms with Gasteiger partial charge in [0.15, 0.2) is 0 Å². The first-order valence-electron chi connectivity index (χ1n) is 34.0. The number of nitrogens with one attached hydrogen (secondary N) is 4. The Morgan fingerprint density at radius 2 is 0.876 bits per heavy atom. The van der Waals surface area contributed by atoms with E-state index in [1.165, 1.54) is 79.6 Å². The van der Waals surface area contributed by atoms with Crippen LogP contribution in [0.25, 0.3) is 0 Å². The summed E-state index contributed by atoms with van der Waals surface area (Å²) in [5.74, 6) is -2.02. The molecule has 4 heterocycles. The number of nitrogens with zero attached hydrogens (tertiary/aromatic N) is 6. The summed E-state index contributed by atoms with van der Waals surface area (Å²) >= 11 is 0. The summed E-state index contributed by atoms with van der Waals surface area (Å²) in [6.45, 7) is 35.1. The van der Waals surface area contributed by atoms with Crippen molar-refractivity contribution >= 4 is 80.4 Å². The second kappa shape index (κ2) is 31.7. The van der Waals surface area contributed by atoms with E-state index < -0.39 is 138 Å². The zero-order valence-corrected chi connectivity index (χ0v) is 63.5. The fraction of sp³-hybridized carbons (Fsp3) is 0.877. The van der Waals surface area contributed by atoms with Gasteiger partial charge in [-0.3, -0.25) is 24.0 Å². The monoisotopic (exact) mass is 1440 g/mol.